The Morgan fingerprint density at radius 1 is 0.977 bits per heavy atom. The first-order valence-electron chi connectivity index (χ1n) is 12.8. The fourth-order valence-corrected chi connectivity index (χ4v) is 8.85. The maximum Gasteiger partial charge on any atom is 0.268 e. The van der Waals surface area contributed by atoms with Crippen molar-refractivity contribution in [1.82, 2.24) is 4.13 Å². The molecule has 2 heterocycles. The zero-order chi connectivity index (χ0) is 31.0. The Labute approximate surface area is 252 Å². The first-order valence-corrected chi connectivity index (χ1v) is 18.8. The van der Waals surface area contributed by atoms with Crippen molar-refractivity contribution in [3.8, 4) is 16.9 Å². The second-order valence-electron chi connectivity index (χ2n) is 9.80. The lowest BCUT2D eigenvalue weighted by Crippen LogP contribution is -2.38. The summed E-state index contributed by atoms with van der Waals surface area (Å²) in [6.07, 6.45) is 2.38. The molecule has 2 N–H and O–H groups in total. The van der Waals surface area contributed by atoms with Gasteiger partial charge in [0, 0.05) is 19.0 Å². The van der Waals surface area contributed by atoms with Crippen molar-refractivity contribution in [2.45, 2.75) is 13.0 Å². The minimum Gasteiger partial charge on any atom is -0.438 e. The largest absolute Gasteiger partial charge is 0.438 e. The molecule has 0 bridgehead atoms. The molecule has 0 amide bonds. The number of ether oxygens (including phenoxy) is 1. The predicted molar refractivity (Wildman–Crippen MR) is 163 cm³/mol. The molecule has 0 fully saturated rings. The Morgan fingerprint density at radius 2 is 1.72 bits per heavy atom. The van der Waals surface area contributed by atoms with E-state index in [4.69, 9.17) is 4.74 Å². The molecule has 0 atom stereocenters. The smallest absolute Gasteiger partial charge is 0.268 e. The van der Waals surface area contributed by atoms with Crippen molar-refractivity contribution in [1.29, 1.82) is 0 Å². The monoisotopic (exact) mass is 668 g/mol. The van der Waals surface area contributed by atoms with Gasteiger partial charge in [-0.05, 0) is 35.4 Å². The molecular weight excluding hydrogens is 642 g/mol. The summed E-state index contributed by atoms with van der Waals surface area (Å²) in [5.74, 6) is -0.877. The van der Waals surface area contributed by atoms with Crippen molar-refractivity contribution >= 4 is 63.5 Å². The summed E-state index contributed by atoms with van der Waals surface area (Å²) in [4.78, 5) is 1.62. The fourth-order valence-electron chi connectivity index (χ4n) is 4.66. The molecular formula is C27H27FN3O8S4+. The molecule has 0 saturated heterocycles. The molecule has 0 spiro atoms. The Balaban J connectivity index is 1.53. The van der Waals surface area contributed by atoms with Gasteiger partial charge in [-0.15, -0.1) is 4.13 Å². The number of rotatable bonds is 11. The van der Waals surface area contributed by atoms with E-state index in [1.807, 2.05) is 42.5 Å². The van der Waals surface area contributed by atoms with Crippen LogP contribution >= 0.6 is 11.3 Å². The quantitative estimate of drug-likeness (QED) is 0.181. The van der Waals surface area contributed by atoms with Gasteiger partial charge in [-0.2, -0.15) is 13.0 Å². The van der Waals surface area contributed by atoms with Gasteiger partial charge in [0.2, 0.25) is 31.4 Å². The van der Waals surface area contributed by atoms with Crippen LogP contribution in [0.4, 0.5) is 10.1 Å². The van der Waals surface area contributed by atoms with Gasteiger partial charge in [-0.25, -0.2) is 21.2 Å². The van der Waals surface area contributed by atoms with Gasteiger partial charge in [0.1, 0.15) is 10.5 Å². The van der Waals surface area contributed by atoms with Gasteiger partial charge in [0.25, 0.3) is 15.1 Å². The lowest BCUT2D eigenvalue weighted by molar-refractivity contribution is -0.668. The van der Waals surface area contributed by atoms with E-state index in [0.29, 0.717) is 26.7 Å². The zero-order valence-corrected chi connectivity index (χ0v) is 25.9. The summed E-state index contributed by atoms with van der Waals surface area (Å²) in [5, 5.41) is 0.539. The molecule has 11 nitrogen and oxygen atoms in total. The Kier molecular flexibility index (Phi) is 8.61. The van der Waals surface area contributed by atoms with Crippen molar-refractivity contribution in [2.24, 2.45) is 0 Å². The van der Waals surface area contributed by atoms with Gasteiger partial charge in [0.05, 0.1) is 29.5 Å². The average Bonchev–Trinajstić information content (AvgIpc) is 3.42. The number of aryl methyl sites for hydroxylation is 1. The van der Waals surface area contributed by atoms with Crippen LogP contribution in [-0.4, -0.2) is 54.1 Å². The maximum atomic E-state index is 14.2. The molecule has 0 unspecified atom stereocenters. The van der Waals surface area contributed by atoms with Crippen LogP contribution in [0, 0.1) is 5.82 Å². The fraction of sp³-hybridized carbons (Fsp3) is 0.222. The maximum absolute atomic E-state index is 14.2. The highest BCUT2D eigenvalue weighted by Gasteiger charge is 2.31. The summed E-state index contributed by atoms with van der Waals surface area (Å²) >= 11 is 1.28. The van der Waals surface area contributed by atoms with Crippen LogP contribution in [0.25, 0.3) is 27.4 Å². The summed E-state index contributed by atoms with van der Waals surface area (Å²) in [5.41, 5.74) is 2.85. The van der Waals surface area contributed by atoms with E-state index in [2.05, 4.69) is 0 Å². The van der Waals surface area contributed by atoms with Crippen LogP contribution in [0.5, 0.6) is 5.75 Å². The molecule has 1 aliphatic rings. The normalized spacial score (nSPS) is 14.8. The topological polar surface area (TPSA) is 151 Å². The number of benzene rings is 3. The van der Waals surface area contributed by atoms with Gasteiger partial charge >= 0.3 is 0 Å². The summed E-state index contributed by atoms with van der Waals surface area (Å²) < 4.78 is 105. The van der Waals surface area contributed by atoms with Crippen LogP contribution in [0.2, 0.25) is 0 Å². The second kappa shape index (κ2) is 11.9. The summed E-state index contributed by atoms with van der Waals surface area (Å²) in [7, 11) is -12.4. The second-order valence-corrected chi connectivity index (χ2v) is 16.3. The SMILES string of the molecule is CS(=O)(=O)NS(=O)(=O)CCC[n+]1c(C=C2Oc3ccc(-c4ccccc4)cc3N2CCS(=O)(=O)O)sc2ccc(F)cc21. The number of fused-ring (bicyclic) bond motifs is 2. The lowest BCUT2D eigenvalue weighted by Gasteiger charge is -2.17. The first kappa shape index (κ1) is 31.0. The van der Waals surface area contributed by atoms with E-state index >= 15 is 0 Å². The number of hydrogen-bond donors (Lipinski definition) is 2. The highest BCUT2D eigenvalue weighted by Crippen LogP contribution is 2.42. The first-order chi connectivity index (χ1) is 20.2. The van der Waals surface area contributed by atoms with Crippen LogP contribution in [0.3, 0.4) is 0 Å². The Morgan fingerprint density at radius 3 is 2.42 bits per heavy atom. The summed E-state index contributed by atoms with van der Waals surface area (Å²) in [6, 6.07) is 19.2. The third-order valence-electron chi connectivity index (χ3n) is 6.42. The van der Waals surface area contributed by atoms with E-state index in [9.17, 15) is 34.2 Å². The number of hydrogen-bond acceptors (Lipinski definition) is 9. The van der Waals surface area contributed by atoms with E-state index in [0.717, 1.165) is 17.4 Å². The Hall–Kier alpha value is -3.41. The molecule has 4 aromatic rings. The number of anilines is 1. The third kappa shape index (κ3) is 7.76. The van der Waals surface area contributed by atoms with Crippen LogP contribution in [0.1, 0.15) is 11.4 Å². The average molecular weight is 669 g/mol. The molecule has 0 aliphatic carbocycles. The van der Waals surface area contributed by atoms with Crippen LogP contribution in [-0.2, 0) is 36.7 Å². The van der Waals surface area contributed by atoms with Crippen molar-refractivity contribution in [2.75, 3.05) is 29.2 Å². The highest BCUT2D eigenvalue weighted by atomic mass is 32.3. The minimum atomic E-state index is -4.32. The lowest BCUT2D eigenvalue weighted by atomic mass is 10.0. The van der Waals surface area contributed by atoms with Crippen LogP contribution < -0.4 is 18.3 Å². The number of nitrogens with one attached hydrogen (secondary N) is 1. The third-order valence-corrected chi connectivity index (χ3v) is 11.3. The predicted octanol–water partition coefficient (Wildman–Crippen LogP) is 3.35. The molecule has 3 aromatic carbocycles. The van der Waals surface area contributed by atoms with E-state index in [1.54, 1.807) is 31.8 Å². The van der Waals surface area contributed by atoms with E-state index < -0.39 is 47.5 Å². The van der Waals surface area contributed by atoms with Crippen molar-refractivity contribution in [3.05, 3.63) is 83.4 Å². The molecule has 228 valence electrons. The van der Waals surface area contributed by atoms with E-state index in [1.165, 1.54) is 23.5 Å². The number of sulfonamides is 2. The van der Waals surface area contributed by atoms with Gasteiger partial charge in [-0.3, -0.25) is 4.55 Å². The molecule has 1 aliphatic heterocycles. The van der Waals surface area contributed by atoms with E-state index in [-0.39, 0.29) is 25.4 Å². The van der Waals surface area contributed by atoms with Gasteiger partial charge < -0.3 is 9.64 Å². The molecule has 5 rings (SSSR count). The van der Waals surface area contributed by atoms with Gasteiger partial charge in [0.15, 0.2) is 12.3 Å². The minimum absolute atomic E-state index is 0.00201. The zero-order valence-electron chi connectivity index (χ0n) is 22.7. The summed E-state index contributed by atoms with van der Waals surface area (Å²) in [6.45, 7) is -0.0474. The highest BCUT2D eigenvalue weighted by molar-refractivity contribution is 8.04. The molecule has 1 aromatic heterocycles. The van der Waals surface area contributed by atoms with Gasteiger partial charge in [-0.1, -0.05) is 47.7 Å². The molecule has 16 heteroatoms. The molecule has 0 radical (unpaired) electrons. The number of nitrogens with zero attached hydrogens (tertiary/aromatic N) is 2. The Bertz CT molecular complexity index is 2050. The van der Waals surface area contributed by atoms with Crippen molar-refractivity contribution in [3.63, 3.8) is 0 Å². The number of aromatic nitrogens is 1. The molecule has 43 heavy (non-hydrogen) atoms. The molecule has 0 saturated carbocycles. The van der Waals surface area contributed by atoms with Crippen LogP contribution in [0.15, 0.2) is 72.6 Å². The number of halogens is 1. The van der Waals surface area contributed by atoms with Crippen molar-refractivity contribution < 1.29 is 43.5 Å². The number of thiazole rings is 1. The standard InChI is InChI=1S/C27H26FN3O8S4/c1-41(32,33)29-42(34,35)14-5-12-31-23-17-21(28)9-11-25(23)40-27(31)18-26-30(13-15-43(36,37)38)22-16-20(8-10-24(22)39-26)19-6-3-2-4-7-19/h2-4,6-11,16-18,29H,5,12-15H2,1H3/p+1.